The summed E-state index contributed by atoms with van der Waals surface area (Å²) in [5.41, 5.74) is 9.19. The van der Waals surface area contributed by atoms with Crippen LogP contribution in [0, 0.1) is 0 Å². The summed E-state index contributed by atoms with van der Waals surface area (Å²) in [6.07, 6.45) is 0. The molecule has 0 saturated heterocycles. The average Bonchev–Trinajstić information content (AvgIpc) is 3.20. The van der Waals surface area contributed by atoms with Crippen LogP contribution < -0.4 is 9.80 Å². The van der Waals surface area contributed by atoms with Gasteiger partial charge in [-0.25, -0.2) is 0 Å². The molecule has 0 amide bonds. The summed E-state index contributed by atoms with van der Waals surface area (Å²) >= 11 is 0. The van der Waals surface area contributed by atoms with Crippen LogP contribution in [-0.2, 0) is 0 Å². The van der Waals surface area contributed by atoms with Gasteiger partial charge in [0.1, 0.15) is 0 Å². The van der Waals surface area contributed by atoms with Crippen molar-refractivity contribution in [2.45, 2.75) is 0 Å². The summed E-state index contributed by atoms with van der Waals surface area (Å²) in [5.74, 6) is 0. The SMILES string of the molecule is c1ccc(N(c2ccccc2)c2ccc(-c3cc4cc(N(c5ccccc5)c5ccccc5)c5ccccc5c4c4ccccc34)cc2)cc1. The Hall–Kier alpha value is -6.64. The molecule has 0 aromatic heterocycles. The van der Waals surface area contributed by atoms with E-state index in [1.54, 1.807) is 0 Å². The van der Waals surface area contributed by atoms with Gasteiger partial charge in [0, 0.05) is 33.8 Å². The molecule has 0 heterocycles. The van der Waals surface area contributed by atoms with Crippen LogP contribution in [0.5, 0.6) is 0 Å². The standard InChI is InChI=1S/C48H34N2/c1-5-17-37(18-6-1)49(38-19-7-2-8-20-38)41-31-29-35(30-32-41)46-33-36-34-47(50(39-21-9-3-10-22-39)40-23-11-4-12-24-40)43-26-14-16-28-45(43)48(36)44-27-15-13-25-42(44)46/h1-34H. The fourth-order valence-electron chi connectivity index (χ4n) is 7.36. The molecule has 0 radical (unpaired) electrons. The number of para-hydroxylation sites is 4. The van der Waals surface area contributed by atoms with Crippen molar-refractivity contribution < 1.29 is 0 Å². The summed E-state index contributed by atoms with van der Waals surface area (Å²) in [6, 6.07) is 74.0. The van der Waals surface area contributed by atoms with Gasteiger partial charge in [0.25, 0.3) is 0 Å². The lowest BCUT2D eigenvalue weighted by Crippen LogP contribution is -2.10. The highest BCUT2D eigenvalue weighted by atomic mass is 15.1. The third kappa shape index (κ3) is 5.24. The zero-order valence-corrected chi connectivity index (χ0v) is 27.5. The predicted molar refractivity (Wildman–Crippen MR) is 214 cm³/mol. The van der Waals surface area contributed by atoms with Gasteiger partial charge in [-0.3, -0.25) is 0 Å². The number of hydrogen-bond acceptors (Lipinski definition) is 2. The van der Waals surface area contributed by atoms with Crippen LogP contribution in [0.25, 0.3) is 43.4 Å². The highest BCUT2D eigenvalue weighted by Gasteiger charge is 2.19. The second-order valence-electron chi connectivity index (χ2n) is 12.6. The van der Waals surface area contributed by atoms with Gasteiger partial charge >= 0.3 is 0 Å². The lowest BCUT2D eigenvalue weighted by atomic mass is 9.89. The summed E-state index contributed by atoms with van der Waals surface area (Å²) in [7, 11) is 0. The van der Waals surface area contributed by atoms with Gasteiger partial charge in [-0.15, -0.1) is 0 Å². The molecule has 9 rings (SSSR count). The van der Waals surface area contributed by atoms with E-state index in [1.165, 1.54) is 43.4 Å². The van der Waals surface area contributed by atoms with Crippen molar-refractivity contribution in [1.29, 1.82) is 0 Å². The first-order chi connectivity index (χ1) is 24.8. The van der Waals surface area contributed by atoms with E-state index in [4.69, 9.17) is 0 Å². The monoisotopic (exact) mass is 638 g/mol. The van der Waals surface area contributed by atoms with Gasteiger partial charge in [-0.05, 0) is 111 Å². The van der Waals surface area contributed by atoms with Gasteiger partial charge in [-0.1, -0.05) is 133 Å². The topological polar surface area (TPSA) is 6.48 Å². The third-order valence-electron chi connectivity index (χ3n) is 9.57. The number of anilines is 6. The molecular formula is C48H34N2. The first-order valence-electron chi connectivity index (χ1n) is 17.1. The number of nitrogens with zero attached hydrogens (tertiary/aromatic N) is 2. The van der Waals surface area contributed by atoms with Crippen molar-refractivity contribution in [2.75, 3.05) is 9.80 Å². The number of fused-ring (bicyclic) bond motifs is 5. The van der Waals surface area contributed by atoms with Gasteiger partial charge in [-0.2, -0.15) is 0 Å². The molecule has 0 atom stereocenters. The minimum atomic E-state index is 1.12. The van der Waals surface area contributed by atoms with Crippen LogP contribution >= 0.6 is 0 Å². The third-order valence-corrected chi connectivity index (χ3v) is 9.57. The van der Waals surface area contributed by atoms with Crippen molar-refractivity contribution >= 4 is 66.4 Å². The molecule has 0 N–H and O–H groups in total. The van der Waals surface area contributed by atoms with E-state index in [9.17, 15) is 0 Å². The molecule has 0 aliphatic carbocycles. The van der Waals surface area contributed by atoms with E-state index in [0.717, 1.165) is 34.1 Å². The van der Waals surface area contributed by atoms with Crippen molar-refractivity contribution in [3.8, 4) is 11.1 Å². The zero-order valence-electron chi connectivity index (χ0n) is 27.5. The Bertz CT molecular complexity index is 2480. The Morgan fingerprint density at radius 3 is 1.16 bits per heavy atom. The Labute approximate surface area is 292 Å². The van der Waals surface area contributed by atoms with Gasteiger partial charge in [0.2, 0.25) is 0 Å². The Balaban J connectivity index is 1.25. The molecule has 0 fully saturated rings. The van der Waals surface area contributed by atoms with Crippen LogP contribution in [0.2, 0.25) is 0 Å². The average molecular weight is 639 g/mol. The second-order valence-corrected chi connectivity index (χ2v) is 12.6. The van der Waals surface area contributed by atoms with Crippen molar-refractivity contribution in [2.24, 2.45) is 0 Å². The minimum absolute atomic E-state index is 1.12. The van der Waals surface area contributed by atoms with E-state index in [0.29, 0.717) is 0 Å². The second kappa shape index (κ2) is 12.8. The molecule has 50 heavy (non-hydrogen) atoms. The van der Waals surface area contributed by atoms with Crippen LogP contribution in [0.3, 0.4) is 0 Å². The molecule has 9 aromatic carbocycles. The maximum atomic E-state index is 2.39. The summed E-state index contributed by atoms with van der Waals surface area (Å²) in [6.45, 7) is 0. The maximum absolute atomic E-state index is 2.39. The van der Waals surface area contributed by atoms with E-state index in [1.807, 2.05) is 0 Å². The normalized spacial score (nSPS) is 11.2. The minimum Gasteiger partial charge on any atom is -0.311 e. The first kappa shape index (κ1) is 29.5. The van der Waals surface area contributed by atoms with E-state index >= 15 is 0 Å². The van der Waals surface area contributed by atoms with Gasteiger partial charge < -0.3 is 9.80 Å². The smallest absolute Gasteiger partial charge is 0.0546 e. The van der Waals surface area contributed by atoms with E-state index in [-0.39, 0.29) is 0 Å². The fraction of sp³-hybridized carbons (Fsp3) is 0. The summed E-state index contributed by atoms with van der Waals surface area (Å²) in [4.78, 5) is 4.69. The molecule has 0 spiro atoms. The van der Waals surface area contributed by atoms with E-state index < -0.39 is 0 Å². The van der Waals surface area contributed by atoms with Crippen LogP contribution in [0.4, 0.5) is 34.1 Å². The highest BCUT2D eigenvalue weighted by molar-refractivity contribution is 6.26. The highest BCUT2D eigenvalue weighted by Crippen LogP contribution is 2.45. The molecule has 236 valence electrons. The molecule has 0 bridgehead atoms. The quantitative estimate of drug-likeness (QED) is 0.160. The van der Waals surface area contributed by atoms with Crippen LogP contribution in [0.1, 0.15) is 0 Å². The Kier molecular flexibility index (Phi) is 7.53. The maximum Gasteiger partial charge on any atom is 0.0546 e. The van der Waals surface area contributed by atoms with Gasteiger partial charge in [0.05, 0.1) is 5.69 Å². The van der Waals surface area contributed by atoms with Gasteiger partial charge in [0.15, 0.2) is 0 Å². The first-order valence-corrected chi connectivity index (χ1v) is 17.1. The summed E-state index contributed by atoms with van der Waals surface area (Å²) < 4.78 is 0. The van der Waals surface area contributed by atoms with E-state index in [2.05, 4.69) is 216 Å². The zero-order chi connectivity index (χ0) is 33.3. The molecule has 0 aliphatic heterocycles. The van der Waals surface area contributed by atoms with Crippen LogP contribution in [0.15, 0.2) is 206 Å². The number of rotatable bonds is 7. The molecule has 0 aliphatic rings. The van der Waals surface area contributed by atoms with Crippen molar-refractivity contribution in [3.05, 3.63) is 206 Å². The van der Waals surface area contributed by atoms with Crippen molar-refractivity contribution in [1.82, 2.24) is 0 Å². The number of hydrogen-bond donors (Lipinski definition) is 0. The molecule has 0 unspecified atom stereocenters. The molecule has 9 aromatic rings. The molecule has 0 saturated carbocycles. The lowest BCUT2D eigenvalue weighted by Gasteiger charge is -2.28. The van der Waals surface area contributed by atoms with Crippen LogP contribution in [-0.4, -0.2) is 0 Å². The largest absolute Gasteiger partial charge is 0.311 e. The summed E-state index contributed by atoms with van der Waals surface area (Å²) in [5, 5.41) is 7.46. The Morgan fingerprint density at radius 1 is 0.280 bits per heavy atom. The predicted octanol–water partition coefficient (Wildman–Crippen LogP) is 13.8. The lowest BCUT2D eigenvalue weighted by molar-refractivity contribution is 1.28. The molecule has 2 nitrogen and oxygen atoms in total. The Morgan fingerprint density at radius 2 is 0.660 bits per heavy atom. The molecular weight excluding hydrogens is 605 g/mol. The fourth-order valence-corrected chi connectivity index (χ4v) is 7.36. The molecule has 2 heteroatoms. The van der Waals surface area contributed by atoms with Crippen molar-refractivity contribution in [3.63, 3.8) is 0 Å². The number of benzene rings is 9.